The zero-order valence-electron chi connectivity index (χ0n) is 12.2. The van der Waals surface area contributed by atoms with E-state index in [0.29, 0.717) is 6.54 Å². The molecule has 0 aliphatic carbocycles. The van der Waals surface area contributed by atoms with E-state index in [0.717, 1.165) is 6.07 Å². The van der Waals surface area contributed by atoms with Crippen molar-refractivity contribution >= 4 is 0 Å². The zero-order chi connectivity index (χ0) is 16.0. The Morgan fingerprint density at radius 1 is 1.14 bits per heavy atom. The van der Waals surface area contributed by atoms with Gasteiger partial charge in [-0.2, -0.15) is 13.2 Å². The molecule has 120 valence electrons. The largest absolute Gasteiger partial charge is 0.493 e. The Hall–Kier alpha value is -1.50. The molecule has 1 unspecified atom stereocenters. The Kier molecular flexibility index (Phi) is 6.26. The average molecular weight is 309 g/mol. The normalized spacial score (nSPS) is 13.1. The Labute approximate surface area is 121 Å². The molecule has 0 saturated carbocycles. The van der Waals surface area contributed by atoms with Crippen molar-refractivity contribution in [2.24, 2.45) is 0 Å². The number of hydrogen-bond acceptors (Lipinski definition) is 3. The van der Waals surface area contributed by atoms with Crippen LogP contribution in [-0.2, 0) is 0 Å². The molecule has 0 saturated heterocycles. The van der Waals surface area contributed by atoms with E-state index in [1.165, 1.54) is 20.3 Å². The highest BCUT2D eigenvalue weighted by atomic mass is 19.4. The van der Waals surface area contributed by atoms with Crippen LogP contribution >= 0.6 is 0 Å². The van der Waals surface area contributed by atoms with E-state index in [4.69, 9.17) is 9.47 Å². The summed E-state index contributed by atoms with van der Waals surface area (Å²) in [6.45, 7) is 2.18. The molecule has 0 fully saturated rings. The maximum atomic E-state index is 14.1. The van der Waals surface area contributed by atoms with Crippen molar-refractivity contribution in [3.05, 3.63) is 23.5 Å². The Bertz CT molecular complexity index is 463. The van der Waals surface area contributed by atoms with Crippen LogP contribution in [0, 0.1) is 5.82 Å². The van der Waals surface area contributed by atoms with Crippen molar-refractivity contribution in [1.82, 2.24) is 5.32 Å². The van der Waals surface area contributed by atoms with Crippen molar-refractivity contribution in [3.8, 4) is 11.5 Å². The second-order valence-electron chi connectivity index (χ2n) is 4.49. The van der Waals surface area contributed by atoms with Gasteiger partial charge in [-0.1, -0.05) is 6.92 Å². The summed E-state index contributed by atoms with van der Waals surface area (Å²) in [5.41, 5.74) is 0.138. The van der Waals surface area contributed by atoms with Gasteiger partial charge in [-0.15, -0.1) is 0 Å². The quantitative estimate of drug-likeness (QED) is 0.776. The molecule has 1 atom stereocenters. The first-order valence-electron chi connectivity index (χ1n) is 6.54. The van der Waals surface area contributed by atoms with Crippen LogP contribution in [0.5, 0.6) is 11.5 Å². The van der Waals surface area contributed by atoms with Crippen LogP contribution in [0.4, 0.5) is 17.6 Å². The minimum atomic E-state index is -4.28. The van der Waals surface area contributed by atoms with E-state index in [2.05, 4.69) is 5.32 Å². The maximum absolute atomic E-state index is 14.1. The van der Waals surface area contributed by atoms with Gasteiger partial charge in [-0.3, -0.25) is 0 Å². The topological polar surface area (TPSA) is 30.5 Å². The molecule has 1 N–H and O–H groups in total. The molecule has 1 aromatic carbocycles. The first-order valence-corrected chi connectivity index (χ1v) is 6.54. The van der Waals surface area contributed by atoms with E-state index >= 15 is 0 Å². The van der Waals surface area contributed by atoms with Gasteiger partial charge < -0.3 is 14.8 Å². The highest BCUT2D eigenvalue weighted by Gasteiger charge is 2.29. The molecule has 1 aromatic rings. The summed E-state index contributed by atoms with van der Waals surface area (Å²) < 4.78 is 61.2. The summed E-state index contributed by atoms with van der Waals surface area (Å²) in [5.74, 6) is -0.144. The Morgan fingerprint density at radius 2 is 1.71 bits per heavy atom. The van der Waals surface area contributed by atoms with Crippen molar-refractivity contribution in [1.29, 1.82) is 0 Å². The van der Waals surface area contributed by atoms with E-state index in [9.17, 15) is 17.6 Å². The number of halogens is 4. The number of rotatable bonds is 7. The summed E-state index contributed by atoms with van der Waals surface area (Å²) in [6, 6.07) is 1.75. The fraction of sp³-hybridized carbons (Fsp3) is 0.571. The fourth-order valence-electron chi connectivity index (χ4n) is 2.06. The molecule has 7 heteroatoms. The first kappa shape index (κ1) is 17.6. The van der Waals surface area contributed by atoms with Gasteiger partial charge in [0.05, 0.1) is 14.2 Å². The zero-order valence-corrected chi connectivity index (χ0v) is 12.2. The molecular weight excluding hydrogens is 290 g/mol. The van der Waals surface area contributed by atoms with Crippen LogP contribution in [0.25, 0.3) is 0 Å². The van der Waals surface area contributed by atoms with Crippen LogP contribution < -0.4 is 14.8 Å². The molecule has 3 nitrogen and oxygen atoms in total. The third kappa shape index (κ3) is 5.08. The minimum absolute atomic E-state index is 0.138. The second kappa shape index (κ2) is 7.49. The standard InChI is InChI=1S/C14H19F4NO2/c1-4-19-11(5-6-14(16,17)18)9-7-12(20-2)13(21-3)8-10(9)15/h7-8,11,19H,4-6H2,1-3H3. The lowest BCUT2D eigenvalue weighted by atomic mass is 10.0. The summed E-state index contributed by atoms with van der Waals surface area (Å²) >= 11 is 0. The van der Waals surface area contributed by atoms with Crippen LogP contribution in [-0.4, -0.2) is 26.9 Å². The summed E-state index contributed by atoms with van der Waals surface area (Å²) in [5, 5.41) is 2.86. The van der Waals surface area contributed by atoms with Gasteiger partial charge in [0, 0.05) is 24.1 Å². The lowest BCUT2D eigenvalue weighted by molar-refractivity contribution is -0.136. The SMILES string of the molecule is CCNC(CCC(F)(F)F)c1cc(OC)c(OC)cc1F. The Morgan fingerprint density at radius 3 is 2.19 bits per heavy atom. The van der Waals surface area contributed by atoms with Gasteiger partial charge in [0.25, 0.3) is 0 Å². The first-order chi connectivity index (χ1) is 9.82. The van der Waals surface area contributed by atoms with Crippen molar-refractivity contribution < 1.29 is 27.0 Å². The van der Waals surface area contributed by atoms with E-state index in [1.807, 2.05) is 0 Å². The number of benzene rings is 1. The van der Waals surface area contributed by atoms with E-state index < -0.39 is 24.5 Å². The molecule has 0 amide bonds. The molecule has 0 aliphatic rings. The molecule has 0 heterocycles. The number of alkyl halides is 3. The van der Waals surface area contributed by atoms with Crippen LogP contribution in [0.1, 0.15) is 31.4 Å². The van der Waals surface area contributed by atoms with Gasteiger partial charge in [0.2, 0.25) is 0 Å². The van der Waals surface area contributed by atoms with Crippen LogP contribution in [0.15, 0.2) is 12.1 Å². The molecule has 0 bridgehead atoms. The molecular formula is C14H19F4NO2. The summed E-state index contributed by atoms with van der Waals surface area (Å²) in [7, 11) is 2.75. The van der Waals surface area contributed by atoms with Gasteiger partial charge in [0.15, 0.2) is 11.5 Å². The lowest BCUT2D eigenvalue weighted by Gasteiger charge is -2.21. The maximum Gasteiger partial charge on any atom is 0.389 e. The van der Waals surface area contributed by atoms with E-state index in [1.54, 1.807) is 6.92 Å². The summed E-state index contributed by atoms with van der Waals surface area (Å²) in [4.78, 5) is 0. The molecule has 0 spiro atoms. The van der Waals surface area contributed by atoms with Gasteiger partial charge in [0.1, 0.15) is 5.82 Å². The second-order valence-corrected chi connectivity index (χ2v) is 4.49. The van der Waals surface area contributed by atoms with Gasteiger partial charge in [-0.05, 0) is 19.0 Å². The predicted octanol–water partition coefficient (Wildman–Crippen LogP) is 3.84. The number of hydrogen-bond donors (Lipinski definition) is 1. The highest BCUT2D eigenvalue weighted by molar-refractivity contribution is 5.44. The van der Waals surface area contributed by atoms with Gasteiger partial charge >= 0.3 is 6.18 Å². The minimum Gasteiger partial charge on any atom is -0.493 e. The van der Waals surface area contributed by atoms with Crippen LogP contribution in [0.2, 0.25) is 0 Å². The van der Waals surface area contributed by atoms with Crippen molar-refractivity contribution in [2.45, 2.75) is 32.0 Å². The fourth-order valence-corrected chi connectivity index (χ4v) is 2.06. The monoisotopic (exact) mass is 309 g/mol. The molecule has 21 heavy (non-hydrogen) atoms. The molecule has 0 radical (unpaired) electrons. The van der Waals surface area contributed by atoms with Crippen molar-refractivity contribution in [3.63, 3.8) is 0 Å². The molecule has 0 aliphatic heterocycles. The van der Waals surface area contributed by atoms with Gasteiger partial charge in [-0.25, -0.2) is 4.39 Å². The summed E-state index contributed by atoms with van der Waals surface area (Å²) in [6.07, 6.45) is -5.51. The Balaban J connectivity index is 3.06. The lowest BCUT2D eigenvalue weighted by Crippen LogP contribution is -2.24. The average Bonchev–Trinajstić information content (AvgIpc) is 2.42. The number of nitrogens with one attached hydrogen (secondary N) is 1. The smallest absolute Gasteiger partial charge is 0.389 e. The molecule has 0 aromatic heterocycles. The molecule has 1 rings (SSSR count). The number of ether oxygens (including phenoxy) is 2. The van der Waals surface area contributed by atoms with Crippen LogP contribution in [0.3, 0.4) is 0 Å². The third-order valence-electron chi connectivity index (χ3n) is 3.05. The van der Waals surface area contributed by atoms with E-state index in [-0.39, 0.29) is 23.5 Å². The highest BCUT2D eigenvalue weighted by Crippen LogP contribution is 2.35. The number of methoxy groups -OCH3 is 2. The predicted molar refractivity (Wildman–Crippen MR) is 71.2 cm³/mol. The van der Waals surface area contributed by atoms with Crippen molar-refractivity contribution in [2.75, 3.05) is 20.8 Å². The third-order valence-corrected chi connectivity index (χ3v) is 3.05.